The van der Waals surface area contributed by atoms with Crippen LogP contribution in [0.15, 0.2) is 24.3 Å². The van der Waals surface area contributed by atoms with Gasteiger partial charge in [-0.05, 0) is 38.5 Å². The van der Waals surface area contributed by atoms with Crippen molar-refractivity contribution in [1.82, 2.24) is 4.90 Å². The predicted octanol–water partition coefficient (Wildman–Crippen LogP) is 1.61. The number of benzene rings is 1. The molecule has 0 bridgehead atoms. The molecule has 1 rings (SSSR count). The molecule has 5 nitrogen and oxygen atoms in total. The molecular formula is C15H22N2O3. The highest BCUT2D eigenvalue weighted by atomic mass is 16.5. The van der Waals surface area contributed by atoms with Crippen LogP contribution < -0.4 is 5.73 Å². The van der Waals surface area contributed by atoms with E-state index in [1.165, 1.54) is 0 Å². The molecule has 5 heteroatoms. The van der Waals surface area contributed by atoms with Crippen molar-refractivity contribution in [2.45, 2.75) is 33.3 Å². The van der Waals surface area contributed by atoms with E-state index in [1.54, 1.807) is 36.1 Å². The monoisotopic (exact) mass is 278 g/mol. The van der Waals surface area contributed by atoms with Crippen LogP contribution in [0.5, 0.6) is 0 Å². The number of hydrogen-bond acceptors (Lipinski definition) is 4. The Morgan fingerprint density at radius 2 is 1.95 bits per heavy atom. The van der Waals surface area contributed by atoms with Crippen LogP contribution in [0.3, 0.4) is 0 Å². The average molecular weight is 278 g/mol. The lowest BCUT2D eigenvalue weighted by Crippen LogP contribution is -2.39. The van der Waals surface area contributed by atoms with E-state index >= 15 is 0 Å². The smallest absolute Gasteiger partial charge is 0.311 e. The maximum atomic E-state index is 12.0. The van der Waals surface area contributed by atoms with Crippen LogP contribution in [-0.4, -0.2) is 36.0 Å². The molecule has 0 radical (unpaired) electrons. The Morgan fingerprint density at radius 1 is 1.30 bits per heavy atom. The summed E-state index contributed by atoms with van der Waals surface area (Å²) in [5.41, 5.74) is 7.02. The van der Waals surface area contributed by atoms with E-state index in [2.05, 4.69) is 0 Å². The lowest BCUT2D eigenvalue weighted by molar-refractivity contribution is -0.158. The number of nitrogen functional groups attached to an aromatic ring is 1. The molecule has 0 heterocycles. The van der Waals surface area contributed by atoms with Crippen LogP contribution in [-0.2, 0) is 20.7 Å². The zero-order chi connectivity index (χ0) is 15.1. The number of anilines is 1. The molecule has 0 saturated carbocycles. The number of esters is 1. The molecule has 0 spiro atoms. The summed E-state index contributed by atoms with van der Waals surface area (Å²) in [6.07, 6.45) is -0.649. The highest BCUT2D eigenvalue weighted by molar-refractivity contribution is 5.84. The minimum absolute atomic E-state index is 0.112. The van der Waals surface area contributed by atoms with E-state index in [9.17, 15) is 9.59 Å². The van der Waals surface area contributed by atoms with Crippen molar-refractivity contribution in [1.29, 1.82) is 0 Å². The molecule has 0 aliphatic heterocycles. The third-order valence-electron chi connectivity index (χ3n) is 3.03. The van der Waals surface area contributed by atoms with E-state index < -0.39 is 12.1 Å². The van der Waals surface area contributed by atoms with Gasteiger partial charge in [0.25, 0.3) is 5.91 Å². The number of hydrogen-bond donors (Lipinski definition) is 1. The van der Waals surface area contributed by atoms with Gasteiger partial charge in [0.1, 0.15) is 0 Å². The Bertz CT molecular complexity index is 470. The van der Waals surface area contributed by atoms with Crippen molar-refractivity contribution in [3.05, 3.63) is 29.8 Å². The Labute approximate surface area is 119 Å². The number of carbonyl (C=O) groups excluding carboxylic acids is 2. The van der Waals surface area contributed by atoms with E-state index in [1.807, 2.05) is 13.8 Å². The topological polar surface area (TPSA) is 72.6 Å². The summed E-state index contributed by atoms with van der Waals surface area (Å²) in [5.74, 6) is -0.598. The van der Waals surface area contributed by atoms with Gasteiger partial charge in [-0.3, -0.25) is 9.59 Å². The summed E-state index contributed by atoms with van der Waals surface area (Å²) in [6.45, 7) is 6.59. The third-order valence-corrected chi connectivity index (χ3v) is 3.03. The Hall–Kier alpha value is -2.04. The molecule has 0 aliphatic carbocycles. The number of nitrogens with two attached hydrogens (primary N) is 1. The van der Waals surface area contributed by atoms with Gasteiger partial charge in [0, 0.05) is 18.8 Å². The highest BCUT2D eigenvalue weighted by Gasteiger charge is 2.21. The molecule has 20 heavy (non-hydrogen) atoms. The van der Waals surface area contributed by atoms with Crippen LogP contribution >= 0.6 is 0 Å². The quantitative estimate of drug-likeness (QED) is 0.634. The van der Waals surface area contributed by atoms with Crippen molar-refractivity contribution in [2.24, 2.45) is 0 Å². The number of ether oxygens (including phenoxy) is 1. The Morgan fingerprint density at radius 3 is 2.50 bits per heavy atom. The van der Waals surface area contributed by atoms with Crippen LogP contribution in [0, 0.1) is 0 Å². The molecule has 0 saturated heterocycles. The molecule has 110 valence electrons. The predicted molar refractivity (Wildman–Crippen MR) is 78.0 cm³/mol. The van der Waals surface area contributed by atoms with Gasteiger partial charge in [0.15, 0.2) is 6.10 Å². The van der Waals surface area contributed by atoms with Gasteiger partial charge in [0.05, 0.1) is 6.42 Å². The SMILES string of the molecule is CCN(CC)C(=O)C(C)OC(=O)Cc1cccc(N)c1. The first-order valence-corrected chi connectivity index (χ1v) is 6.80. The molecule has 0 aromatic heterocycles. The standard InChI is InChI=1S/C15H22N2O3/c1-4-17(5-2)15(19)11(3)20-14(18)10-12-7-6-8-13(16)9-12/h6-9,11H,4-5,10,16H2,1-3H3. The summed E-state index contributed by atoms with van der Waals surface area (Å²) in [4.78, 5) is 25.4. The van der Waals surface area contributed by atoms with Gasteiger partial charge < -0.3 is 15.4 Å². The van der Waals surface area contributed by atoms with Gasteiger partial charge in [-0.25, -0.2) is 0 Å². The number of amides is 1. The Balaban J connectivity index is 2.55. The minimum atomic E-state index is -0.761. The van der Waals surface area contributed by atoms with E-state index in [-0.39, 0.29) is 12.3 Å². The second-order valence-corrected chi connectivity index (χ2v) is 4.56. The van der Waals surface area contributed by atoms with Crippen LogP contribution in [0.1, 0.15) is 26.3 Å². The van der Waals surface area contributed by atoms with Crippen LogP contribution in [0.2, 0.25) is 0 Å². The van der Waals surface area contributed by atoms with E-state index in [0.717, 1.165) is 5.56 Å². The highest BCUT2D eigenvalue weighted by Crippen LogP contribution is 2.09. The second kappa shape index (κ2) is 7.53. The normalized spacial score (nSPS) is 11.8. The van der Waals surface area contributed by atoms with Crippen molar-refractivity contribution < 1.29 is 14.3 Å². The van der Waals surface area contributed by atoms with Gasteiger partial charge in [0.2, 0.25) is 0 Å². The molecule has 1 unspecified atom stereocenters. The summed E-state index contributed by atoms with van der Waals surface area (Å²) in [6, 6.07) is 7.05. The minimum Gasteiger partial charge on any atom is -0.452 e. The van der Waals surface area contributed by atoms with Gasteiger partial charge in [-0.1, -0.05) is 12.1 Å². The summed E-state index contributed by atoms with van der Waals surface area (Å²) in [5, 5.41) is 0. The van der Waals surface area contributed by atoms with Gasteiger partial charge in [-0.15, -0.1) is 0 Å². The number of rotatable bonds is 6. The third kappa shape index (κ3) is 4.57. The molecule has 1 atom stereocenters. The fourth-order valence-corrected chi connectivity index (χ4v) is 1.95. The molecule has 0 aliphatic rings. The number of nitrogens with zero attached hydrogens (tertiary/aromatic N) is 1. The molecule has 1 aromatic rings. The first-order chi connectivity index (χ1) is 9.47. The van der Waals surface area contributed by atoms with Gasteiger partial charge >= 0.3 is 5.97 Å². The van der Waals surface area contributed by atoms with Crippen LogP contribution in [0.25, 0.3) is 0 Å². The molecule has 0 fully saturated rings. The summed E-state index contributed by atoms with van der Waals surface area (Å²) in [7, 11) is 0. The molecule has 1 amide bonds. The number of likely N-dealkylation sites (N-methyl/N-ethyl adjacent to an activating group) is 1. The van der Waals surface area contributed by atoms with Crippen molar-refractivity contribution in [2.75, 3.05) is 18.8 Å². The molecular weight excluding hydrogens is 256 g/mol. The molecule has 1 aromatic carbocycles. The van der Waals surface area contributed by atoms with Crippen molar-refractivity contribution in [3.8, 4) is 0 Å². The second-order valence-electron chi connectivity index (χ2n) is 4.56. The fraction of sp³-hybridized carbons (Fsp3) is 0.467. The van der Waals surface area contributed by atoms with Gasteiger partial charge in [-0.2, -0.15) is 0 Å². The summed E-state index contributed by atoms with van der Waals surface area (Å²) >= 11 is 0. The largest absolute Gasteiger partial charge is 0.452 e. The maximum Gasteiger partial charge on any atom is 0.311 e. The molecule has 2 N–H and O–H groups in total. The first-order valence-electron chi connectivity index (χ1n) is 6.80. The van der Waals surface area contributed by atoms with Crippen molar-refractivity contribution in [3.63, 3.8) is 0 Å². The number of carbonyl (C=O) groups is 2. The van der Waals surface area contributed by atoms with E-state index in [0.29, 0.717) is 18.8 Å². The van der Waals surface area contributed by atoms with E-state index in [4.69, 9.17) is 10.5 Å². The van der Waals surface area contributed by atoms with Crippen molar-refractivity contribution >= 4 is 17.6 Å². The lowest BCUT2D eigenvalue weighted by Gasteiger charge is -2.22. The zero-order valence-corrected chi connectivity index (χ0v) is 12.3. The first kappa shape index (κ1) is 16.0. The average Bonchev–Trinajstić information content (AvgIpc) is 2.39. The zero-order valence-electron chi connectivity index (χ0n) is 12.3. The lowest BCUT2D eigenvalue weighted by atomic mass is 10.1. The fourth-order valence-electron chi connectivity index (χ4n) is 1.95. The Kier molecular flexibility index (Phi) is 6.03. The summed E-state index contributed by atoms with van der Waals surface area (Å²) < 4.78 is 5.17. The maximum absolute atomic E-state index is 12.0. The van der Waals surface area contributed by atoms with Crippen LogP contribution in [0.4, 0.5) is 5.69 Å².